The monoisotopic (exact) mass is 534 g/mol. The molecule has 0 unspecified atom stereocenters. The summed E-state index contributed by atoms with van der Waals surface area (Å²) in [5, 5.41) is 16.2. The quantitative estimate of drug-likeness (QED) is 0.525. The maximum atomic E-state index is 14.0. The standard InChI is InChI=1S/C30H38N4O5/c1-5-19(2)26-28(36)31-15-13-21-11-12-22(18-24(21)35)39-25-14-16-34(27(25)29(37)32-26)30(38)23(33(3)4)17-20-9-7-6-8-10-20/h6-13,15,18-19,23,25-27,35H,5,14,16-17H2,1-4H3,(H,31,36)(H,32,37)/b15-13-/t19-,23+,25+,26+,27+/m1/s1. The topological polar surface area (TPSA) is 111 Å². The number of phenols is 1. The van der Waals surface area contributed by atoms with Gasteiger partial charge in [-0.05, 0) is 50.2 Å². The van der Waals surface area contributed by atoms with Crippen LogP contribution >= 0.6 is 0 Å². The number of carbonyl (C=O) groups excluding carboxylic acids is 3. The highest BCUT2D eigenvalue weighted by molar-refractivity contribution is 5.94. The van der Waals surface area contributed by atoms with E-state index in [0.29, 0.717) is 37.1 Å². The molecule has 5 atom stereocenters. The molecule has 3 N–H and O–H groups in total. The van der Waals surface area contributed by atoms with Crippen LogP contribution < -0.4 is 15.4 Å². The van der Waals surface area contributed by atoms with E-state index in [0.717, 1.165) is 5.56 Å². The smallest absolute Gasteiger partial charge is 0.247 e. The Balaban J connectivity index is 1.70. The SMILES string of the molecule is CC[C@@H](C)[C@@H]1NC(=O)[C@@H]2[C@H](CCN2C(=O)[C@H](Cc2ccccc2)N(C)C)Oc2ccc(c(O)c2)/C=C\NC1=O. The summed E-state index contributed by atoms with van der Waals surface area (Å²) in [6.45, 7) is 4.17. The molecule has 0 aliphatic carbocycles. The van der Waals surface area contributed by atoms with Crippen molar-refractivity contribution in [3.8, 4) is 11.5 Å². The van der Waals surface area contributed by atoms with Crippen molar-refractivity contribution in [3.63, 3.8) is 0 Å². The van der Waals surface area contributed by atoms with Crippen LogP contribution in [-0.4, -0.2) is 77.5 Å². The summed E-state index contributed by atoms with van der Waals surface area (Å²) in [4.78, 5) is 44.4. The van der Waals surface area contributed by atoms with E-state index in [1.165, 1.54) is 12.3 Å². The van der Waals surface area contributed by atoms with Crippen molar-refractivity contribution in [1.82, 2.24) is 20.4 Å². The Morgan fingerprint density at radius 3 is 2.56 bits per heavy atom. The van der Waals surface area contributed by atoms with E-state index in [4.69, 9.17) is 4.74 Å². The second-order valence-corrected chi connectivity index (χ2v) is 10.5. The highest BCUT2D eigenvalue weighted by atomic mass is 16.5. The molecule has 1 saturated heterocycles. The van der Waals surface area contributed by atoms with Crippen LogP contribution in [0.3, 0.4) is 0 Å². The molecule has 0 spiro atoms. The summed E-state index contributed by atoms with van der Waals surface area (Å²) in [7, 11) is 3.70. The van der Waals surface area contributed by atoms with Gasteiger partial charge in [-0.15, -0.1) is 0 Å². The van der Waals surface area contributed by atoms with Gasteiger partial charge in [0.15, 0.2) is 0 Å². The molecule has 3 heterocycles. The molecule has 3 aliphatic rings. The van der Waals surface area contributed by atoms with Gasteiger partial charge in [-0.1, -0.05) is 50.6 Å². The second kappa shape index (κ2) is 12.3. The molecule has 0 saturated carbocycles. The highest BCUT2D eigenvalue weighted by Gasteiger charge is 2.46. The Bertz CT molecular complexity index is 1220. The van der Waals surface area contributed by atoms with E-state index in [1.807, 2.05) is 63.2 Å². The lowest BCUT2D eigenvalue weighted by Gasteiger charge is -2.34. The van der Waals surface area contributed by atoms with Crippen LogP contribution in [0.5, 0.6) is 11.5 Å². The second-order valence-electron chi connectivity index (χ2n) is 10.5. The van der Waals surface area contributed by atoms with Crippen LogP contribution in [0, 0.1) is 5.92 Å². The predicted molar refractivity (Wildman–Crippen MR) is 149 cm³/mol. The third kappa shape index (κ3) is 6.42. The van der Waals surface area contributed by atoms with Crippen molar-refractivity contribution in [2.24, 2.45) is 5.92 Å². The van der Waals surface area contributed by atoms with Crippen molar-refractivity contribution in [3.05, 3.63) is 65.9 Å². The lowest BCUT2D eigenvalue weighted by atomic mass is 9.97. The molecular formula is C30H38N4O5. The lowest BCUT2D eigenvalue weighted by molar-refractivity contribution is -0.144. The van der Waals surface area contributed by atoms with E-state index in [9.17, 15) is 19.5 Å². The first-order valence-corrected chi connectivity index (χ1v) is 13.5. The fourth-order valence-electron chi connectivity index (χ4n) is 5.12. The number of ether oxygens (including phenoxy) is 1. The third-order valence-corrected chi connectivity index (χ3v) is 7.65. The summed E-state index contributed by atoms with van der Waals surface area (Å²) in [6, 6.07) is 12.4. The first-order chi connectivity index (χ1) is 18.7. The van der Waals surface area contributed by atoms with Gasteiger partial charge in [0.05, 0.1) is 6.04 Å². The molecule has 2 bridgehead atoms. The Morgan fingerprint density at radius 2 is 1.90 bits per heavy atom. The summed E-state index contributed by atoms with van der Waals surface area (Å²) < 4.78 is 6.22. The number of phenolic OH excluding ortho intramolecular Hbond substituents is 1. The molecular weight excluding hydrogens is 496 g/mol. The average Bonchev–Trinajstić information content (AvgIpc) is 3.34. The fraction of sp³-hybridized carbons (Fsp3) is 0.433. The van der Waals surface area contributed by atoms with Crippen molar-refractivity contribution in [2.75, 3.05) is 20.6 Å². The van der Waals surface area contributed by atoms with Gasteiger partial charge in [-0.3, -0.25) is 19.3 Å². The number of likely N-dealkylation sites (tertiary alicyclic amines) is 1. The van der Waals surface area contributed by atoms with Gasteiger partial charge in [-0.25, -0.2) is 0 Å². The van der Waals surface area contributed by atoms with Crippen molar-refractivity contribution in [2.45, 2.75) is 57.3 Å². The van der Waals surface area contributed by atoms with E-state index >= 15 is 0 Å². The first-order valence-electron chi connectivity index (χ1n) is 13.5. The molecule has 1 fully saturated rings. The molecule has 3 aliphatic heterocycles. The van der Waals surface area contributed by atoms with Crippen molar-refractivity contribution >= 4 is 23.8 Å². The van der Waals surface area contributed by atoms with Crippen LogP contribution in [0.1, 0.15) is 37.8 Å². The number of nitrogens with zero attached hydrogens (tertiary/aromatic N) is 2. The minimum atomic E-state index is -0.949. The number of likely N-dealkylation sites (N-methyl/N-ethyl adjacent to an activating group) is 1. The molecule has 2 aromatic carbocycles. The van der Waals surface area contributed by atoms with Gasteiger partial charge in [0.25, 0.3) is 0 Å². The molecule has 3 amide bonds. The number of amides is 3. The normalized spacial score (nSPS) is 23.7. The Kier molecular flexibility index (Phi) is 8.91. The Morgan fingerprint density at radius 1 is 1.15 bits per heavy atom. The zero-order chi connectivity index (χ0) is 28.1. The van der Waals surface area contributed by atoms with Crippen LogP contribution in [0.25, 0.3) is 6.08 Å². The number of rotatable bonds is 6. The van der Waals surface area contributed by atoms with E-state index in [-0.39, 0.29) is 23.5 Å². The largest absolute Gasteiger partial charge is 0.507 e. The lowest BCUT2D eigenvalue weighted by Crippen LogP contribution is -2.59. The summed E-state index contributed by atoms with van der Waals surface area (Å²) in [5.41, 5.74) is 1.53. The summed E-state index contributed by atoms with van der Waals surface area (Å²) in [6.07, 6.45) is 3.96. The predicted octanol–water partition coefficient (Wildman–Crippen LogP) is 2.54. The summed E-state index contributed by atoms with van der Waals surface area (Å²) in [5.74, 6) is -0.761. The van der Waals surface area contributed by atoms with E-state index < -0.39 is 30.1 Å². The zero-order valence-corrected chi connectivity index (χ0v) is 23.0. The molecule has 5 rings (SSSR count). The molecule has 208 valence electrons. The number of hydrogen-bond donors (Lipinski definition) is 3. The van der Waals surface area contributed by atoms with E-state index in [2.05, 4.69) is 10.6 Å². The Hall–Kier alpha value is -3.85. The maximum absolute atomic E-state index is 14.0. The summed E-state index contributed by atoms with van der Waals surface area (Å²) >= 11 is 0. The molecule has 2 aromatic rings. The number of hydrogen-bond acceptors (Lipinski definition) is 6. The van der Waals surface area contributed by atoms with Gasteiger partial charge in [0, 0.05) is 30.8 Å². The number of carbonyl (C=O) groups is 3. The van der Waals surface area contributed by atoms with E-state index in [1.54, 1.807) is 23.1 Å². The van der Waals surface area contributed by atoms with Crippen molar-refractivity contribution < 1.29 is 24.2 Å². The number of fused-ring (bicyclic) bond motifs is 7. The molecule has 0 aromatic heterocycles. The maximum Gasteiger partial charge on any atom is 0.247 e. The van der Waals surface area contributed by atoms with Gasteiger partial charge in [0.1, 0.15) is 29.7 Å². The molecule has 0 radical (unpaired) electrons. The fourth-order valence-corrected chi connectivity index (χ4v) is 5.12. The zero-order valence-electron chi connectivity index (χ0n) is 23.0. The minimum absolute atomic E-state index is 0.0176. The Labute approximate surface area is 229 Å². The average molecular weight is 535 g/mol. The van der Waals surface area contributed by atoms with Gasteiger partial charge in [0.2, 0.25) is 17.7 Å². The molecule has 9 nitrogen and oxygen atoms in total. The molecule has 39 heavy (non-hydrogen) atoms. The van der Waals surface area contributed by atoms with Gasteiger partial charge in [-0.2, -0.15) is 0 Å². The number of aromatic hydroxyl groups is 1. The number of benzene rings is 2. The van der Waals surface area contributed by atoms with Crippen LogP contribution in [0.4, 0.5) is 0 Å². The van der Waals surface area contributed by atoms with Crippen LogP contribution in [0.15, 0.2) is 54.7 Å². The van der Waals surface area contributed by atoms with Gasteiger partial charge < -0.3 is 25.4 Å². The first kappa shape index (κ1) is 28.2. The van der Waals surface area contributed by atoms with Crippen LogP contribution in [-0.2, 0) is 20.8 Å². The minimum Gasteiger partial charge on any atom is -0.507 e. The molecule has 9 heteroatoms. The highest BCUT2D eigenvalue weighted by Crippen LogP contribution is 2.30. The van der Waals surface area contributed by atoms with Crippen molar-refractivity contribution in [1.29, 1.82) is 0 Å². The number of nitrogens with one attached hydrogen (secondary N) is 2. The third-order valence-electron chi connectivity index (χ3n) is 7.65. The van der Waals surface area contributed by atoms with Gasteiger partial charge >= 0.3 is 0 Å². The van der Waals surface area contributed by atoms with Crippen LogP contribution in [0.2, 0.25) is 0 Å².